The Hall–Kier alpha value is -0.700. The molecule has 2 aliphatic rings. The summed E-state index contributed by atoms with van der Waals surface area (Å²) in [5, 5.41) is 77.4. The molecule has 0 unspecified atom stereocenters. The van der Waals surface area contributed by atoms with Crippen LogP contribution in [0.1, 0.15) is 0 Å². The Balaban J connectivity index is 2.25. The van der Waals surface area contributed by atoms with Crippen LogP contribution in [0.4, 0.5) is 0 Å². The van der Waals surface area contributed by atoms with Crippen LogP contribution in [0.3, 0.4) is 0 Å². The Bertz CT molecular complexity index is 448. The average molecular weight is 354 g/mol. The molecule has 0 aromatic carbocycles. The largest absolute Gasteiger partial charge is 0.393 e. The van der Waals surface area contributed by atoms with Gasteiger partial charge in [-0.2, -0.15) is 0 Å². The van der Waals surface area contributed by atoms with Crippen molar-refractivity contribution in [2.45, 2.75) is 61.1 Å². The predicted octanol–water partition coefficient (Wildman–Crippen LogP) is -4.88. The zero-order chi connectivity index (χ0) is 18.2. The summed E-state index contributed by atoms with van der Waals surface area (Å²) in [5.41, 5.74) is -1.87. The van der Waals surface area contributed by atoms with Crippen molar-refractivity contribution in [1.82, 2.24) is 0 Å². The highest BCUT2D eigenvalue weighted by molar-refractivity contribution is 5.10. The van der Waals surface area contributed by atoms with Crippen molar-refractivity contribution in [2.75, 3.05) is 6.61 Å². The zero-order valence-electron chi connectivity index (χ0n) is 12.5. The van der Waals surface area contributed by atoms with Crippen LogP contribution < -0.4 is 0 Å². The fourth-order valence-corrected chi connectivity index (χ4v) is 2.64. The van der Waals surface area contributed by atoms with E-state index in [1.807, 2.05) is 0 Å². The van der Waals surface area contributed by atoms with Crippen LogP contribution in [-0.4, -0.2) is 109 Å². The minimum atomic E-state index is -1.89. The maximum absolute atomic E-state index is 10.1. The molecule has 2 rings (SSSR count). The van der Waals surface area contributed by atoms with E-state index in [-0.39, 0.29) is 0 Å². The molecule has 10 atom stereocenters. The summed E-state index contributed by atoms with van der Waals surface area (Å²) < 4.78 is 15.2. The van der Waals surface area contributed by atoms with Crippen molar-refractivity contribution in [3.05, 3.63) is 12.7 Å². The molecule has 140 valence electrons. The normalized spacial score (nSPS) is 52.9. The van der Waals surface area contributed by atoms with Crippen molar-refractivity contribution in [3.8, 4) is 0 Å². The molecule has 2 aliphatic heterocycles. The summed E-state index contributed by atoms with van der Waals surface area (Å²) in [6.45, 7) is 2.59. The van der Waals surface area contributed by atoms with Gasteiger partial charge in [0.25, 0.3) is 0 Å². The van der Waals surface area contributed by atoms with E-state index in [1.165, 1.54) is 0 Å². The van der Waals surface area contributed by atoms with Gasteiger partial charge in [0.15, 0.2) is 18.9 Å². The first-order valence-corrected chi connectivity index (χ1v) is 7.18. The lowest BCUT2D eigenvalue weighted by atomic mass is 9.87. The predicted molar refractivity (Wildman–Crippen MR) is 72.9 cm³/mol. The van der Waals surface area contributed by atoms with E-state index < -0.39 is 67.7 Å². The maximum Gasteiger partial charge on any atom is 0.189 e. The molecule has 8 N–H and O–H groups in total. The van der Waals surface area contributed by atoms with Gasteiger partial charge in [-0.25, -0.2) is 0 Å². The van der Waals surface area contributed by atoms with Gasteiger partial charge in [-0.05, 0) is 0 Å². The first kappa shape index (κ1) is 19.6. The summed E-state index contributed by atoms with van der Waals surface area (Å²) in [6, 6.07) is 0. The van der Waals surface area contributed by atoms with E-state index in [9.17, 15) is 40.9 Å². The highest BCUT2D eigenvalue weighted by Gasteiger charge is 2.55. The molecule has 0 aromatic rings. The molecular formula is C13H22O11. The molecule has 0 bridgehead atoms. The van der Waals surface area contributed by atoms with Crippen molar-refractivity contribution >= 4 is 0 Å². The highest BCUT2D eigenvalue weighted by atomic mass is 16.8. The minimum absolute atomic E-state index is 0.821. The Kier molecular flexibility index (Phi) is 5.95. The lowest BCUT2D eigenvalue weighted by Crippen LogP contribution is -2.68. The second-order valence-electron chi connectivity index (χ2n) is 5.73. The Morgan fingerprint density at radius 3 is 2.00 bits per heavy atom. The summed E-state index contributed by atoms with van der Waals surface area (Å²) >= 11 is 0. The average Bonchev–Trinajstić information content (AvgIpc) is 2.57. The third-order valence-corrected chi connectivity index (χ3v) is 4.19. The molecule has 11 heteroatoms. The molecule has 2 saturated heterocycles. The molecule has 0 amide bonds. The van der Waals surface area contributed by atoms with Gasteiger partial charge in [-0.1, -0.05) is 6.08 Å². The van der Waals surface area contributed by atoms with Crippen molar-refractivity contribution < 1.29 is 55.1 Å². The zero-order valence-corrected chi connectivity index (χ0v) is 12.5. The molecular weight excluding hydrogens is 332 g/mol. The van der Waals surface area contributed by atoms with Gasteiger partial charge >= 0.3 is 0 Å². The molecule has 24 heavy (non-hydrogen) atoms. The van der Waals surface area contributed by atoms with Crippen LogP contribution in [0.2, 0.25) is 0 Å². The van der Waals surface area contributed by atoms with Gasteiger partial charge < -0.3 is 55.1 Å². The van der Waals surface area contributed by atoms with E-state index >= 15 is 0 Å². The number of aliphatic hydroxyl groups excluding tert-OH is 8. The van der Waals surface area contributed by atoms with E-state index in [1.54, 1.807) is 0 Å². The van der Waals surface area contributed by atoms with Gasteiger partial charge in [-0.3, -0.25) is 0 Å². The van der Waals surface area contributed by atoms with Crippen LogP contribution in [-0.2, 0) is 14.2 Å². The third kappa shape index (κ3) is 3.21. The summed E-state index contributed by atoms with van der Waals surface area (Å²) in [5.74, 6) is 0. The first-order valence-electron chi connectivity index (χ1n) is 7.18. The standard InChI is InChI=1S/C13H22O11/c1-2-13(3-14)9(5(16)7(18)11(21)24-13)22-12-8(19)4(15)6(17)10(20)23-12/h2,4-12,14-21H,1,3H2/t4-,5-,6-,7+,8+,9-,10-,11+,12+,13+/m0/s1. The monoisotopic (exact) mass is 354 g/mol. The quantitative estimate of drug-likeness (QED) is 0.226. The van der Waals surface area contributed by atoms with Crippen molar-refractivity contribution in [1.29, 1.82) is 0 Å². The van der Waals surface area contributed by atoms with Crippen LogP contribution in [0, 0.1) is 0 Å². The topological polar surface area (TPSA) is 190 Å². The lowest BCUT2D eigenvalue weighted by Gasteiger charge is -2.49. The Morgan fingerprint density at radius 2 is 1.46 bits per heavy atom. The van der Waals surface area contributed by atoms with Crippen molar-refractivity contribution in [2.24, 2.45) is 0 Å². The summed E-state index contributed by atoms with van der Waals surface area (Å²) in [6.07, 6.45) is -15.1. The van der Waals surface area contributed by atoms with Gasteiger partial charge in [0.2, 0.25) is 0 Å². The van der Waals surface area contributed by atoms with Crippen LogP contribution in [0.5, 0.6) is 0 Å². The second-order valence-corrected chi connectivity index (χ2v) is 5.73. The molecule has 2 heterocycles. The first-order chi connectivity index (χ1) is 11.2. The fraction of sp³-hybridized carbons (Fsp3) is 0.846. The molecule has 0 aliphatic carbocycles. The lowest BCUT2D eigenvalue weighted by molar-refractivity contribution is -0.385. The third-order valence-electron chi connectivity index (χ3n) is 4.19. The molecule has 2 fully saturated rings. The second kappa shape index (κ2) is 7.27. The molecule has 0 radical (unpaired) electrons. The Morgan fingerprint density at radius 1 is 0.875 bits per heavy atom. The van der Waals surface area contributed by atoms with Gasteiger partial charge in [-0.15, -0.1) is 6.58 Å². The minimum Gasteiger partial charge on any atom is -0.393 e. The molecule has 0 aromatic heterocycles. The van der Waals surface area contributed by atoms with E-state index in [0.717, 1.165) is 6.08 Å². The van der Waals surface area contributed by atoms with E-state index in [2.05, 4.69) is 6.58 Å². The van der Waals surface area contributed by atoms with Gasteiger partial charge in [0.1, 0.15) is 42.2 Å². The number of aliphatic hydroxyl groups is 8. The highest BCUT2D eigenvalue weighted by Crippen LogP contribution is 2.34. The maximum atomic E-state index is 10.1. The van der Waals surface area contributed by atoms with E-state index in [4.69, 9.17) is 14.2 Å². The summed E-state index contributed by atoms with van der Waals surface area (Å²) in [4.78, 5) is 0. The van der Waals surface area contributed by atoms with E-state index in [0.29, 0.717) is 0 Å². The summed E-state index contributed by atoms with van der Waals surface area (Å²) in [7, 11) is 0. The van der Waals surface area contributed by atoms with Gasteiger partial charge in [0, 0.05) is 0 Å². The van der Waals surface area contributed by atoms with Crippen LogP contribution in [0.15, 0.2) is 12.7 Å². The molecule has 0 saturated carbocycles. The fourth-order valence-electron chi connectivity index (χ4n) is 2.64. The van der Waals surface area contributed by atoms with Gasteiger partial charge in [0.05, 0.1) is 6.61 Å². The SMILES string of the molecule is C=C[C@]1(CO)O[C@@H](O)[C@H](O)[C@H](O)[C@@H]1O[C@@H]1O[C@H](O)[C@@H](O)[C@H](O)[C@H]1O. The van der Waals surface area contributed by atoms with Crippen molar-refractivity contribution in [3.63, 3.8) is 0 Å². The number of ether oxygens (including phenoxy) is 3. The number of rotatable bonds is 4. The smallest absolute Gasteiger partial charge is 0.189 e. The van der Waals surface area contributed by atoms with Crippen LogP contribution >= 0.6 is 0 Å². The number of hydrogen-bond acceptors (Lipinski definition) is 11. The molecule has 11 nitrogen and oxygen atoms in total. The Labute approximate surface area is 136 Å². The molecule has 0 spiro atoms. The number of hydrogen-bond donors (Lipinski definition) is 8. The van der Waals surface area contributed by atoms with Crippen LogP contribution in [0.25, 0.3) is 0 Å².